The maximum atomic E-state index is 11.4. The van der Waals surface area contributed by atoms with Crippen molar-refractivity contribution in [1.29, 1.82) is 0 Å². The van der Waals surface area contributed by atoms with Gasteiger partial charge in [-0.3, -0.25) is 14.5 Å². The van der Waals surface area contributed by atoms with Crippen molar-refractivity contribution in [2.45, 2.75) is 12.8 Å². The Bertz CT molecular complexity index is 571. The number of carbonyl (C=O) groups excluding carboxylic acids is 3. The molecule has 0 spiro atoms. The first-order valence-electron chi connectivity index (χ1n) is 7.40. The SMILES string of the molecule is COC(=O)CCN(CCC(=O)OC)c1cccc(N(C)C(N)=O)c1. The van der Waals surface area contributed by atoms with E-state index in [1.807, 2.05) is 11.0 Å². The lowest BCUT2D eigenvalue weighted by Crippen LogP contribution is -2.32. The van der Waals surface area contributed by atoms with E-state index < -0.39 is 6.03 Å². The average Bonchev–Trinajstić information content (AvgIpc) is 2.60. The minimum absolute atomic E-state index is 0.174. The van der Waals surface area contributed by atoms with E-state index in [2.05, 4.69) is 9.47 Å². The lowest BCUT2D eigenvalue weighted by molar-refractivity contribution is -0.140. The number of carbonyl (C=O) groups is 3. The molecular formula is C16H23N3O5. The Morgan fingerprint density at radius 1 is 1.00 bits per heavy atom. The summed E-state index contributed by atoms with van der Waals surface area (Å²) in [6.07, 6.45) is 0.348. The fraction of sp³-hybridized carbons (Fsp3) is 0.438. The van der Waals surface area contributed by atoms with Crippen LogP contribution in [0.3, 0.4) is 0 Å². The van der Waals surface area contributed by atoms with Gasteiger partial charge < -0.3 is 20.1 Å². The third-order valence-electron chi connectivity index (χ3n) is 3.54. The highest BCUT2D eigenvalue weighted by molar-refractivity contribution is 5.90. The topological polar surface area (TPSA) is 102 Å². The summed E-state index contributed by atoms with van der Waals surface area (Å²) in [5, 5.41) is 0. The van der Waals surface area contributed by atoms with Crippen LogP contribution in [0.15, 0.2) is 24.3 Å². The van der Waals surface area contributed by atoms with Gasteiger partial charge in [0, 0.05) is 31.5 Å². The lowest BCUT2D eigenvalue weighted by atomic mass is 10.2. The third-order valence-corrected chi connectivity index (χ3v) is 3.54. The molecule has 0 saturated heterocycles. The molecule has 132 valence electrons. The first kappa shape index (κ1) is 19.3. The summed E-state index contributed by atoms with van der Waals surface area (Å²) in [5.41, 5.74) is 6.65. The summed E-state index contributed by atoms with van der Waals surface area (Å²) < 4.78 is 9.30. The second-order valence-corrected chi connectivity index (χ2v) is 5.06. The molecule has 1 aromatic carbocycles. The maximum Gasteiger partial charge on any atom is 0.318 e. The van der Waals surface area contributed by atoms with Crippen molar-refractivity contribution in [2.75, 3.05) is 44.2 Å². The normalized spacial score (nSPS) is 9.96. The lowest BCUT2D eigenvalue weighted by Gasteiger charge is -2.25. The molecule has 0 aliphatic rings. The summed E-state index contributed by atoms with van der Waals surface area (Å²) in [4.78, 5) is 37.3. The highest BCUT2D eigenvalue weighted by Crippen LogP contribution is 2.22. The van der Waals surface area contributed by atoms with Crippen molar-refractivity contribution < 1.29 is 23.9 Å². The van der Waals surface area contributed by atoms with E-state index in [-0.39, 0.29) is 24.8 Å². The standard InChI is InChI=1S/C16H23N3O5/c1-18(16(17)22)12-5-4-6-13(11-12)19(9-7-14(20)23-2)10-8-15(21)24-3/h4-6,11H,7-10H2,1-3H3,(H2,17,22). The summed E-state index contributed by atoms with van der Waals surface area (Å²) in [6, 6.07) is 6.52. The van der Waals surface area contributed by atoms with Gasteiger partial charge in [0.15, 0.2) is 0 Å². The number of primary amides is 1. The smallest absolute Gasteiger partial charge is 0.318 e. The molecule has 1 aromatic rings. The van der Waals surface area contributed by atoms with Gasteiger partial charge in [0.1, 0.15) is 0 Å². The molecule has 8 nitrogen and oxygen atoms in total. The van der Waals surface area contributed by atoms with Gasteiger partial charge in [-0.05, 0) is 18.2 Å². The van der Waals surface area contributed by atoms with Crippen LogP contribution in [-0.2, 0) is 19.1 Å². The molecule has 2 N–H and O–H groups in total. The van der Waals surface area contributed by atoms with Gasteiger partial charge in [0.2, 0.25) is 0 Å². The van der Waals surface area contributed by atoms with E-state index in [0.717, 1.165) is 5.69 Å². The van der Waals surface area contributed by atoms with Crippen LogP contribution < -0.4 is 15.5 Å². The van der Waals surface area contributed by atoms with Crippen LogP contribution in [0, 0.1) is 0 Å². The minimum atomic E-state index is -0.581. The zero-order valence-corrected chi connectivity index (χ0v) is 14.2. The van der Waals surface area contributed by atoms with Crippen molar-refractivity contribution in [3.63, 3.8) is 0 Å². The quantitative estimate of drug-likeness (QED) is 0.714. The number of nitrogens with zero attached hydrogens (tertiary/aromatic N) is 2. The maximum absolute atomic E-state index is 11.4. The Kier molecular flexibility index (Phi) is 7.54. The second-order valence-electron chi connectivity index (χ2n) is 5.06. The Labute approximate surface area is 141 Å². The van der Waals surface area contributed by atoms with Gasteiger partial charge >= 0.3 is 18.0 Å². The van der Waals surface area contributed by atoms with Gasteiger partial charge in [0.05, 0.1) is 27.1 Å². The summed E-state index contributed by atoms with van der Waals surface area (Å²) >= 11 is 0. The number of esters is 2. The van der Waals surface area contributed by atoms with Crippen LogP contribution in [0.2, 0.25) is 0 Å². The summed E-state index contributed by atoms with van der Waals surface area (Å²) in [5.74, 6) is -0.688. The Balaban J connectivity index is 2.95. The highest BCUT2D eigenvalue weighted by atomic mass is 16.5. The molecule has 0 radical (unpaired) electrons. The van der Waals surface area contributed by atoms with Crippen LogP contribution >= 0.6 is 0 Å². The van der Waals surface area contributed by atoms with Crippen molar-refractivity contribution in [2.24, 2.45) is 5.73 Å². The van der Waals surface area contributed by atoms with E-state index in [4.69, 9.17) is 5.73 Å². The molecular weight excluding hydrogens is 314 g/mol. The van der Waals surface area contributed by atoms with Crippen molar-refractivity contribution in [3.05, 3.63) is 24.3 Å². The van der Waals surface area contributed by atoms with Gasteiger partial charge in [0.25, 0.3) is 0 Å². The van der Waals surface area contributed by atoms with Crippen molar-refractivity contribution in [3.8, 4) is 0 Å². The minimum Gasteiger partial charge on any atom is -0.469 e. The van der Waals surface area contributed by atoms with Crippen LogP contribution in [0.1, 0.15) is 12.8 Å². The molecule has 0 fully saturated rings. The Hall–Kier alpha value is -2.77. The number of hydrogen-bond acceptors (Lipinski definition) is 6. The Morgan fingerprint density at radius 2 is 1.50 bits per heavy atom. The molecule has 8 heteroatoms. The fourth-order valence-electron chi connectivity index (χ4n) is 2.05. The average molecular weight is 337 g/mol. The van der Waals surface area contributed by atoms with Crippen LogP contribution in [0.4, 0.5) is 16.2 Å². The molecule has 24 heavy (non-hydrogen) atoms. The molecule has 0 unspecified atom stereocenters. The number of nitrogens with two attached hydrogens (primary N) is 1. The van der Waals surface area contributed by atoms with Gasteiger partial charge in [-0.2, -0.15) is 0 Å². The highest BCUT2D eigenvalue weighted by Gasteiger charge is 2.14. The molecule has 0 bridgehead atoms. The van der Waals surface area contributed by atoms with E-state index in [1.54, 1.807) is 25.2 Å². The molecule has 2 amide bonds. The van der Waals surface area contributed by atoms with E-state index in [1.165, 1.54) is 19.1 Å². The number of urea groups is 1. The van der Waals surface area contributed by atoms with E-state index in [9.17, 15) is 14.4 Å². The van der Waals surface area contributed by atoms with Crippen molar-refractivity contribution in [1.82, 2.24) is 0 Å². The van der Waals surface area contributed by atoms with Gasteiger partial charge in [-0.25, -0.2) is 4.79 Å². The first-order valence-corrected chi connectivity index (χ1v) is 7.40. The van der Waals surface area contributed by atoms with Gasteiger partial charge in [-0.1, -0.05) is 6.07 Å². The van der Waals surface area contributed by atoms with Crippen LogP contribution in [0.25, 0.3) is 0 Å². The van der Waals surface area contributed by atoms with E-state index >= 15 is 0 Å². The number of anilines is 2. The van der Waals surface area contributed by atoms with Crippen molar-refractivity contribution >= 4 is 29.3 Å². The molecule has 0 aromatic heterocycles. The van der Waals surface area contributed by atoms with Crippen LogP contribution in [-0.4, -0.2) is 52.3 Å². The summed E-state index contributed by atoms with van der Waals surface area (Å²) in [7, 11) is 4.21. The van der Waals surface area contributed by atoms with Crippen LogP contribution in [0.5, 0.6) is 0 Å². The number of amides is 2. The zero-order valence-electron chi connectivity index (χ0n) is 14.2. The monoisotopic (exact) mass is 337 g/mol. The number of methoxy groups -OCH3 is 2. The molecule has 1 rings (SSSR count). The zero-order chi connectivity index (χ0) is 18.1. The predicted octanol–water partition coefficient (Wildman–Crippen LogP) is 1.13. The molecule has 0 aliphatic carbocycles. The molecule has 0 aliphatic heterocycles. The number of rotatable bonds is 8. The number of benzene rings is 1. The Morgan fingerprint density at radius 3 is 1.96 bits per heavy atom. The molecule has 0 atom stereocenters. The summed E-state index contributed by atoms with van der Waals surface area (Å²) in [6.45, 7) is 0.737. The molecule has 0 heterocycles. The fourth-order valence-corrected chi connectivity index (χ4v) is 2.05. The third kappa shape index (κ3) is 5.79. The largest absolute Gasteiger partial charge is 0.469 e. The predicted molar refractivity (Wildman–Crippen MR) is 89.9 cm³/mol. The second kappa shape index (κ2) is 9.39. The van der Waals surface area contributed by atoms with E-state index in [0.29, 0.717) is 18.8 Å². The first-order chi connectivity index (χ1) is 11.4. The van der Waals surface area contributed by atoms with Gasteiger partial charge in [-0.15, -0.1) is 0 Å². The number of ether oxygens (including phenoxy) is 2. The number of hydrogen-bond donors (Lipinski definition) is 1. The molecule has 0 saturated carbocycles.